The second kappa shape index (κ2) is 9.01. The Balaban J connectivity index is 1.49. The monoisotopic (exact) mass is 372 g/mol. The maximum atomic E-state index is 11.9. The minimum absolute atomic E-state index is 0.116. The standard InChI is InChI=1S/C20H25ClN4O/c1-22-20(26)17-6-4-10-23-19(17)24-13-15-8-11-25(12-9-15)14-16-5-2-3-7-18(16)21/h2-7,10,15H,8-9,11-14H2,1H3,(H,22,26)(H,23,24). The maximum absolute atomic E-state index is 11.9. The summed E-state index contributed by atoms with van der Waals surface area (Å²) in [7, 11) is 1.63. The highest BCUT2D eigenvalue weighted by atomic mass is 35.5. The van der Waals surface area contributed by atoms with E-state index in [0.29, 0.717) is 17.3 Å². The summed E-state index contributed by atoms with van der Waals surface area (Å²) >= 11 is 6.27. The number of piperidine rings is 1. The van der Waals surface area contributed by atoms with Crippen LogP contribution in [0, 0.1) is 5.92 Å². The minimum Gasteiger partial charge on any atom is -0.369 e. The summed E-state index contributed by atoms with van der Waals surface area (Å²) in [6, 6.07) is 11.6. The van der Waals surface area contributed by atoms with Gasteiger partial charge in [0.25, 0.3) is 5.91 Å². The highest BCUT2D eigenvalue weighted by Gasteiger charge is 2.20. The minimum atomic E-state index is -0.116. The predicted molar refractivity (Wildman–Crippen MR) is 106 cm³/mol. The lowest BCUT2D eigenvalue weighted by Gasteiger charge is -2.32. The summed E-state index contributed by atoms with van der Waals surface area (Å²) < 4.78 is 0. The van der Waals surface area contributed by atoms with Crippen LogP contribution >= 0.6 is 11.6 Å². The largest absolute Gasteiger partial charge is 0.369 e. The molecule has 0 saturated carbocycles. The van der Waals surface area contributed by atoms with Crippen molar-refractivity contribution in [1.29, 1.82) is 0 Å². The summed E-state index contributed by atoms with van der Waals surface area (Å²) in [6.07, 6.45) is 3.96. The van der Waals surface area contributed by atoms with E-state index < -0.39 is 0 Å². The molecule has 138 valence electrons. The number of anilines is 1. The number of aromatic nitrogens is 1. The van der Waals surface area contributed by atoms with Gasteiger partial charge in [-0.3, -0.25) is 9.69 Å². The van der Waals surface area contributed by atoms with Crippen LogP contribution in [0.4, 0.5) is 5.82 Å². The molecule has 2 aromatic rings. The first-order valence-corrected chi connectivity index (χ1v) is 9.42. The number of nitrogens with zero attached hydrogens (tertiary/aromatic N) is 2. The van der Waals surface area contributed by atoms with Crippen LogP contribution in [0.15, 0.2) is 42.6 Å². The number of halogens is 1. The van der Waals surface area contributed by atoms with Crippen molar-refractivity contribution < 1.29 is 4.79 Å². The smallest absolute Gasteiger partial charge is 0.254 e. The van der Waals surface area contributed by atoms with Gasteiger partial charge < -0.3 is 10.6 Å². The molecule has 0 radical (unpaired) electrons. The molecule has 6 heteroatoms. The molecule has 1 amide bonds. The fourth-order valence-electron chi connectivity index (χ4n) is 3.32. The van der Waals surface area contributed by atoms with Gasteiger partial charge in [-0.25, -0.2) is 4.98 Å². The SMILES string of the molecule is CNC(=O)c1cccnc1NCC1CCN(Cc2ccccc2Cl)CC1. The van der Waals surface area contributed by atoms with Gasteiger partial charge in [0, 0.05) is 31.4 Å². The number of rotatable bonds is 6. The second-order valence-electron chi connectivity index (χ2n) is 6.67. The van der Waals surface area contributed by atoms with Crippen molar-refractivity contribution in [2.45, 2.75) is 19.4 Å². The number of pyridine rings is 1. The lowest BCUT2D eigenvalue weighted by atomic mass is 9.96. The van der Waals surface area contributed by atoms with Crippen molar-refractivity contribution in [1.82, 2.24) is 15.2 Å². The molecule has 3 rings (SSSR count). The van der Waals surface area contributed by atoms with Gasteiger partial charge >= 0.3 is 0 Å². The highest BCUT2D eigenvalue weighted by molar-refractivity contribution is 6.31. The Morgan fingerprint density at radius 3 is 2.73 bits per heavy atom. The molecule has 26 heavy (non-hydrogen) atoms. The fraction of sp³-hybridized carbons (Fsp3) is 0.400. The van der Waals surface area contributed by atoms with Crippen molar-refractivity contribution in [3.05, 3.63) is 58.7 Å². The lowest BCUT2D eigenvalue weighted by Crippen LogP contribution is -2.35. The number of nitrogens with one attached hydrogen (secondary N) is 2. The van der Waals surface area contributed by atoms with Gasteiger partial charge in [-0.05, 0) is 55.6 Å². The van der Waals surface area contributed by atoms with E-state index in [1.165, 1.54) is 5.56 Å². The van der Waals surface area contributed by atoms with E-state index in [-0.39, 0.29) is 5.91 Å². The van der Waals surface area contributed by atoms with Crippen LogP contribution in [-0.2, 0) is 6.54 Å². The van der Waals surface area contributed by atoms with Crippen LogP contribution in [0.1, 0.15) is 28.8 Å². The first-order chi connectivity index (χ1) is 12.7. The number of likely N-dealkylation sites (tertiary alicyclic amines) is 1. The van der Waals surface area contributed by atoms with Gasteiger partial charge in [0.05, 0.1) is 5.56 Å². The zero-order chi connectivity index (χ0) is 18.4. The van der Waals surface area contributed by atoms with Gasteiger partial charge in [-0.1, -0.05) is 29.8 Å². The molecule has 1 fully saturated rings. The molecule has 0 unspecified atom stereocenters. The molecular weight excluding hydrogens is 348 g/mol. The normalized spacial score (nSPS) is 15.6. The summed E-state index contributed by atoms with van der Waals surface area (Å²) in [5, 5.41) is 6.86. The Morgan fingerprint density at radius 2 is 2.00 bits per heavy atom. The third-order valence-corrected chi connectivity index (χ3v) is 5.27. The zero-order valence-electron chi connectivity index (χ0n) is 15.0. The van der Waals surface area contributed by atoms with Crippen LogP contribution in [0.25, 0.3) is 0 Å². The van der Waals surface area contributed by atoms with Gasteiger partial charge in [-0.15, -0.1) is 0 Å². The number of hydrogen-bond acceptors (Lipinski definition) is 4. The first-order valence-electron chi connectivity index (χ1n) is 9.04. The Bertz CT molecular complexity index is 744. The molecule has 2 N–H and O–H groups in total. The van der Waals surface area contributed by atoms with E-state index in [0.717, 1.165) is 44.0 Å². The molecule has 1 aromatic heterocycles. The Labute approximate surface area is 159 Å². The second-order valence-corrected chi connectivity index (χ2v) is 7.08. The molecule has 1 saturated heterocycles. The predicted octanol–water partition coefficient (Wildman–Crippen LogP) is 3.42. The number of hydrogen-bond donors (Lipinski definition) is 2. The fourth-order valence-corrected chi connectivity index (χ4v) is 3.52. The van der Waals surface area contributed by atoms with Gasteiger partial charge in [0.15, 0.2) is 0 Å². The quantitative estimate of drug-likeness (QED) is 0.815. The highest BCUT2D eigenvalue weighted by Crippen LogP contribution is 2.23. The molecule has 1 aliphatic rings. The van der Waals surface area contributed by atoms with Crippen molar-refractivity contribution in [2.24, 2.45) is 5.92 Å². The van der Waals surface area contributed by atoms with E-state index in [1.807, 2.05) is 18.2 Å². The third-order valence-electron chi connectivity index (χ3n) is 4.90. The average molecular weight is 373 g/mol. The van der Waals surface area contributed by atoms with Gasteiger partial charge in [0.1, 0.15) is 5.82 Å². The number of amides is 1. The first kappa shape index (κ1) is 18.7. The average Bonchev–Trinajstić information content (AvgIpc) is 2.69. The maximum Gasteiger partial charge on any atom is 0.254 e. The van der Waals surface area contributed by atoms with Crippen molar-refractivity contribution >= 4 is 23.3 Å². The summed E-state index contributed by atoms with van der Waals surface area (Å²) in [6.45, 7) is 3.85. The summed E-state index contributed by atoms with van der Waals surface area (Å²) in [4.78, 5) is 18.7. The van der Waals surface area contributed by atoms with E-state index >= 15 is 0 Å². The van der Waals surface area contributed by atoms with Crippen molar-refractivity contribution in [3.8, 4) is 0 Å². The van der Waals surface area contributed by atoms with Gasteiger partial charge in [-0.2, -0.15) is 0 Å². The van der Waals surface area contributed by atoms with Gasteiger partial charge in [0.2, 0.25) is 0 Å². The zero-order valence-corrected chi connectivity index (χ0v) is 15.8. The lowest BCUT2D eigenvalue weighted by molar-refractivity contribution is 0.0963. The van der Waals surface area contributed by atoms with E-state index in [4.69, 9.17) is 11.6 Å². The van der Waals surface area contributed by atoms with Crippen LogP contribution in [0.3, 0.4) is 0 Å². The third kappa shape index (κ3) is 4.74. The summed E-state index contributed by atoms with van der Waals surface area (Å²) in [5.41, 5.74) is 1.78. The molecular formula is C20H25ClN4O. The molecule has 5 nitrogen and oxygen atoms in total. The number of carbonyl (C=O) groups is 1. The van der Waals surface area contributed by atoms with Crippen LogP contribution in [0.2, 0.25) is 5.02 Å². The molecule has 0 bridgehead atoms. The van der Waals surface area contributed by atoms with Crippen LogP contribution < -0.4 is 10.6 Å². The molecule has 0 spiro atoms. The Hall–Kier alpha value is -2.11. The molecule has 0 atom stereocenters. The Morgan fingerprint density at radius 1 is 1.23 bits per heavy atom. The van der Waals surface area contributed by atoms with Crippen LogP contribution in [0.5, 0.6) is 0 Å². The molecule has 1 aromatic carbocycles. The number of benzene rings is 1. The molecule has 1 aliphatic heterocycles. The topological polar surface area (TPSA) is 57.3 Å². The molecule has 0 aliphatic carbocycles. The summed E-state index contributed by atoms with van der Waals surface area (Å²) in [5.74, 6) is 1.12. The molecule has 2 heterocycles. The Kier molecular flexibility index (Phi) is 6.47. The van der Waals surface area contributed by atoms with E-state index in [1.54, 1.807) is 25.4 Å². The van der Waals surface area contributed by atoms with E-state index in [2.05, 4.69) is 26.6 Å². The van der Waals surface area contributed by atoms with Crippen molar-refractivity contribution in [2.75, 3.05) is 32.0 Å². The number of carbonyl (C=O) groups excluding carboxylic acids is 1. The van der Waals surface area contributed by atoms with Crippen LogP contribution in [-0.4, -0.2) is 42.5 Å². The van der Waals surface area contributed by atoms with Crippen molar-refractivity contribution in [3.63, 3.8) is 0 Å². The van der Waals surface area contributed by atoms with E-state index in [9.17, 15) is 4.79 Å².